The van der Waals surface area contributed by atoms with Crippen LogP contribution in [0.15, 0.2) is 23.3 Å². The number of hydrazone groups is 1. The number of imidazole rings is 1. The Labute approximate surface area is 164 Å². The van der Waals surface area contributed by atoms with Crippen molar-refractivity contribution in [1.29, 1.82) is 0 Å². The SMILES string of the molecule is CC#Cc1nc(C)n2c1CN1C(=NNC1COC(C)C)c1cc(Cl)ccc1-2. The number of hydrogen-bond donors (Lipinski definition) is 1. The monoisotopic (exact) mass is 383 g/mol. The second kappa shape index (κ2) is 6.91. The summed E-state index contributed by atoms with van der Waals surface area (Å²) < 4.78 is 8.00. The third-order valence-corrected chi connectivity index (χ3v) is 4.93. The Kier molecular flexibility index (Phi) is 4.58. The lowest BCUT2D eigenvalue weighted by atomic mass is 10.1. The first-order valence-electron chi connectivity index (χ1n) is 9.02. The lowest BCUT2D eigenvalue weighted by Crippen LogP contribution is -2.43. The van der Waals surface area contributed by atoms with Gasteiger partial charge in [0.1, 0.15) is 17.7 Å². The fraction of sp³-hybridized carbons (Fsp3) is 0.400. The molecule has 0 radical (unpaired) electrons. The average molecular weight is 384 g/mol. The van der Waals surface area contributed by atoms with E-state index in [1.807, 2.05) is 45.9 Å². The van der Waals surface area contributed by atoms with E-state index in [0.717, 1.165) is 34.3 Å². The van der Waals surface area contributed by atoms with Gasteiger partial charge in [-0.25, -0.2) is 4.98 Å². The Hall–Kier alpha value is -2.49. The number of amidine groups is 1. The molecule has 2 aliphatic heterocycles. The van der Waals surface area contributed by atoms with Gasteiger partial charge in [0, 0.05) is 10.6 Å². The van der Waals surface area contributed by atoms with E-state index in [2.05, 4.69) is 31.8 Å². The molecule has 1 N–H and O–H groups in total. The van der Waals surface area contributed by atoms with Crippen molar-refractivity contribution in [3.05, 3.63) is 46.0 Å². The van der Waals surface area contributed by atoms with E-state index in [1.165, 1.54) is 0 Å². The van der Waals surface area contributed by atoms with Crippen LogP contribution >= 0.6 is 11.6 Å². The molecular formula is C20H22ClN5O. The zero-order chi connectivity index (χ0) is 19.1. The number of fused-ring (bicyclic) bond motifs is 5. The maximum Gasteiger partial charge on any atom is 0.160 e. The molecule has 140 valence electrons. The number of ether oxygens (including phenoxy) is 1. The quantitative estimate of drug-likeness (QED) is 0.828. The van der Waals surface area contributed by atoms with Crippen molar-refractivity contribution in [2.24, 2.45) is 5.10 Å². The molecule has 0 saturated heterocycles. The number of aryl methyl sites for hydroxylation is 1. The molecule has 2 aromatic rings. The van der Waals surface area contributed by atoms with Crippen LogP contribution in [0.2, 0.25) is 5.02 Å². The van der Waals surface area contributed by atoms with E-state index in [-0.39, 0.29) is 12.3 Å². The fourth-order valence-corrected chi connectivity index (χ4v) is 3.71. The Bertz CT molecular complexity index is 982. The minimum atomic E-state index is -0.0570. The summed E-state index contributed by atoms with van der Waals surface area (Å²) in [4.78, 5) is 6.90. The highest BCUT2D eigenvalue weighted by Crippen LogP contribution is 2.32. The number of nitrogens with one attached hydrogen (secondary N) is 1. The Morgan fingerprint density at radius 1 is 1.41 bits per heavy atom. The molecule has 0 saturated carbocycles. The Morgan fingerprint density at radius 2 is 2.22 bits per heavy atom. The first kappa shape index (κ1) is 17.9. The molecule has 27 heavy (non-hydrogen) atoms. The van der Waals surface area contributed by atoms with Gasteiger partial charge in [0.25, 0.3) is 0 Å². The van der Waals surface area contributed by atoms with Crippen molar-refractivity contribution in [1.82, 2.24) is 19.9 Å². The van der Waals surface area contributed by atoms with Gasteiger partial charge >= 0.3 is 0 Å². The minimum absolute atomic E-state index is 0.0570. The van der Waals surface area contributed by atoms with Crippen LogP contribution in [0.25, 0.3) is 5.69 Å². The van der Waals surface area contributed by atoms with Gasteiger partial charge in [-0.05, 0) is 51.8 Å². The van der Waals surface area contributed by atoms with Crippen molar-refractivity contribution in [3.63, 3.8) is 0 Å². The van der Waals surface area contributed by atoms with Crippen molar-refractivity contribution < 1.29 is 4.74 Å². The van der Waals surface area contributed by atoms with Gasteiger partial charge < -0.3 is 9.64 Å². The van der Waals surface area contributed by atoms with Crippen molar-refractivity contribution in [2.45, 2.75) is 46.5 Å². The van der Waals surface area contributed by atoms with Crippen LogP contribution in [0.3, 0.4) is 0 Å². The summed E-state index contributed by atoms with van der Waals surface area (Å²) in [5.74, 6) is 7.88. The molecule has 1 unspecified atom stereocenters. The molecule has 1 aromatic carbocycles. The minimum Gasteiger partial charge on any atom is -0.375 e. The number of rotatable bonds is 3. The van der Waals surface area contributed by atoms with Crippen LogP contribution in [-0.2, 0) is 11.3 Å². The van der Waals surface area contributed by atoms with Gasteiger partial charge in [0.2, 0.25) is 0 Å². The predicted molar refractivity (Wildman–Crippen MR) is 106 cm³/mol. The molecular weight excluding hydrogens is 362 g/mol. The summed E-state index contributed by atoms with van der Waals surface area (Å²) in [5.41, 5.74) is 7.04. The molecule has 6 nitrogen and oxygen atoms in total. The second-order valence-corrected chi connectivity index (χ2v) is 7.35. The van der Waals surface area contributed by atoms with Gasteiger partial charge in [0.15, 0.2) is 5.84 Å². The number of aromatic nitrogens is 2. The van der Waals surface area contributed by atoms with Crippen LogP contribution in [0.1, 0.15) is 43.5 Å². The maximum atomic E-state index is 6.32. The number of halogens is 1. The van der Waals surface area contributed by atoms with Gasteiger partial charge in [-0.3, -0.25) is 9.99 Å². The zero-order valence-electron chi connectivity index (χ0n) is 15.9. The van der Waals surface area contributed by atoms with Gasteiger partial charge in [-0.15, -0.1) is 0 Å². The molecule has 0 aliphatic carbocycles. The van der Waals surface area contributed by atoms with Gasteiger partial charge in [-0.1, -0.05) is 17.5 Å². The topological polar surface area (TPSA) is 54.7 Å². The summed E-state index contributed by atoms with van der Waals surface area (Å²) in [5, 5.41) is 5.29. The van der Waals surface area contributed by atoms with Gasteiger partial charge in [0.05, 0.1) is 30.6 Å². The largest absolute Gasteiger partial charge is 0.375 e. The van der Waals surface area contributed by atoms with E-state index in [0.29, 0.717) is 18.2 Å². The lowest BCUT2D eigenvalue weighted by molar-refractivity contribution is 0.0368. The molecule has 1 aromatic heterocycles. The summed E-state index contributed by atoms with van der Waals surface area (Å²) >= 11 is 6.32. The zero-order valence-corrected chi connectivity index (χ0v) is 16.6. The molecule has 0 bridgehead atoms. The molecule has 1 atom stereocenters. The normalized spacial score (nSPS) is 17.3. The van der Waals surface area contributed by atoms with E-state index >= 15 is 0 Å². The molecule has 0 spiro atoms. The summed E-state index contributed by atoms with van der Waals surface area (Å²) in [6.45, 7) is 9.05. The smallest absolute Gasteiger partial charge is 0.160 e. The highest BCUT2D eigenvalue weighted by atomic mass is 35.5. The standard InChI is InChI=1S/C20H22ClN5O/c1-5-6-16-18-10-25-19(11-27-12(2)3)23-24-20(25)15-9-14(21)7-8-17(15)26(18)13(4)22-16/h7-9,12,19,23H,10-11H2,1-4H3. The van der Waals surface area contributed by atoms with E-state index in [1.54, 1.807) is 0 Å². The summed E-state index contributed by atoms with van der Waals surface area (Å²) in [6.07, 6.45) is 0.0947. The summed E-state index contributed by atoms with van der Waals surface area (Å²) in [6, 6.07) is 5.87. The number of nitrogens with zero attached hydrogens (tertiary/aromatic N) is 4. The van der Waals surface area contributed by atoms with Crippen LogP contribution < -0.4 is 5.43 Å². The first-order chi connectivity index (χ1) is 13.0. The van der Waals surface area contributed by atoms with E-state index in [4.69, 9.17) is 21.3 Å². The van der Waals surface area contributed by atoms with Crippen molar-refractivity contribution >= 4 is 17.4 Å². The average Bonchev–Trinajstić information content (AvgIpc) is 3.11. The van der Waals surface area contributed by atoms with Crippen molar-refractivity contribution in [2.75, 3.05) is 6.61 Å². The van der Waals surface area contributed by atoms with Crippen LogP contribution in [0.5, 0.6) is 0 Å². The molecule has 0 amide bonds. The molecule has 2 aliphatic rings. The Balaban J connectivity index is 1.87. The maximum absolute atomic E-state index is 6.32. The van der Waals surface area contributed by atoms with Gasteiger partial charge in [-0.2, -0.15) is 5.10 Å². The lowest BCUT2D eigenvalue weighted by Gasteiger charge is -2.26. The second-order valence-electron chi connectivity index (χ2n) is 6.92. The predicted octanol–water partition coefficient (Wildman–Crippen LogP) is 3.04. The molecule has 3 heterocycles. The van der Waals surface area contributed by atoms with Crippen LogP contribution in [0.4, 0.5) is 0 Å². The van der Waals surface area contributed by atoms with Crippen LogP contribution in [0, 0.1) is 18.8 Å². The number of hydrogen-bond acceptors (Lipinski definition) is 5. The highest BCUT2D eigenvalue weighted by Gasteiger charge is 2.35. The fourth-order valence-electron chi connectivity index (χ4n) is 3.53. The van der Waals surface area contributed by atoms with E-state index < -0.39 is 0 Å². The first-order valence-corrected chi connectivity index (χ1v) is 9.40. The third-order valence-electron chi connectivity index (χ3n) is 4.70. The van der Waals surface area contributed by atoms with E-state index in [9.17, 15) is 0 Å². The Morgan fingerprint density at radius 3 is 2.96 bits per heavy atom. The molecule has 4 rings (SSSR count). The summed E-state index contributed by atoms with van der Waals surface area (Å²) in [7, 11) is 0. The van der Waals surface area contributed by atoms with Crippen LogP contribution in [-0.4, -0.2) is 39.2 Å². The highest BCUT2D eigenvalue weighted by molar-refractivity contribution is 6.31. The number of benzene rings is 1. The molecule has 0 fully saturated rings. The third kappa shape index (κ3) is 3.07. The molecule has 7 heteroatoms. The van der Waals surface area contributed by atoms with Crippen molar-refractivity contribution in [3.8, 4) is 17.5 Å².